The molecule has 1 aliphatic rings. The first-order chi connectivity index (χ1) is 11.7. The average Bonchev–Trinajstić information content (AvgIpc) is 3.31. The molecule has 0 radical (unpaired) electrons. The summed E-state index contributed by atoms with van der Waals surface area (Å²) in [6.07, 6.45) is 3.59. The first-order valence-corrected chi connectivity index (χ1v) is 7.96. The fraction of sp³-hybridized carbons (Fsp3) is 0. The number of aromatic nitrogens is 1. The van der Waals surface area contributed by atoms with Crippen LogP contribution in [0.1, 0.15) is 30.4 Å². The predicted molar refractivity (Wildman–Crippen MR) is 86.0 cm³/mol. The Labute approximate surface area is 140 Å². The second kappa shape index (κ2) is 5.47. The number of fused-ring (bicyclic) bond motifs is 1. The lowest BCUT2D eigenvalue weighted by atomic mass is 10.1. The van der Waals surface area contributed by atoms with Gasteiger partial charge >= 0.3 is 5.97 Å². The van der Waals surface area contributed by atoms with E-state index in [4.69, 9.17) is 4.84 Å². The zero-order valence-corrected chi connectivity index (χ0v) is 13.0. The zero-order valence-electron chi connectivity index (χ0n) is 12.2. The number of nitrogens with zero attached hydrogens (tertiary/aromatic N) is 2. The standard InChI is InChI=1S/C17H10N2O4S/c20-15-11-5-1-2-6-12(11)16(21)19(15)23-17(22)14-13(7-10-24-14)18-8-3-4-9-18/h1-10H. The number of carbonyl (C=O) groups excluding carboxylic acids is 3. The van der Waals surface area contributed by atoms with E-state index in [2.05, 4.69) is 0 Å². The third kappa shape index (κ3) is 2.14. The lowest BCUT2D eigenvalue weighted by molar-refractivity contribution is -0.0581. The number of carbonyl (C=O) groups is 3. The molecule has 1 aromatic carbocycles. The van der Waals surface area contributed by atoms with Gasteiger partial charge in [-0.3, -0.25) is 9.59 Å². The van der Waals surface area contributed by atoms with Gasteiger partial charge in [-0.2, -0.15) is 0 Å². The van der Waals surface area contributed by atoms with Crippen LogP contribution in [0.3, 0.4) is 0 Å². The third-order valence-electron chi connectivity index (χ3n) is 3.64. The normalized spacial score (nSPS) is 13.2. The summed E-state index contributed by atoms with van der Waals surface area (Å²) in [5.41, 5.74) is 1.09. The summed E-state index contributed by atoms with van der Waals surface area (Å²) in [6.45, 7) is 0. The van der Waals surface area contributed by atoms with Crippen molar-refractivity contribution in [1.82, 2.24) is 9.63 Å². The molecule has 3 heterocycles. The summed E-state index contributed by atoms with van der Waals surface area (Å²) >= 11 is 1.18. The van der Waals surface area contributed by atoms with Crippen molar-refractivity contribution in [3.8, 4) is 5.69 Å². The van der Waals surface area contributed by atoms with Crippen molar-refractivity contribution in [2.75, 3.05) is 0 Å². The maximum atomic E-state index is 12.4. The molecule has 0 spiro atoms. The van der Waals surface area contributed by atoms with Crippen LogP contribution in [-0.4, -0.2) is 27.4 Å². The maximum Gasteiger partial charge on any atom is 0.375 e. The molecule has 0 saturated heterocycles. The Hall–Kier alpha value is -3.19. The van der Waals surface area contributed by atoms with Crippen molar-refractivity contribution in [3.63, 3.8) is 0 Å². The molecule has 3 aromatic rings. The number of hydrogen-bond donors (Lipinski definition) is 0. The van der Waals surface area contributed by atoms with E-state index >= 15 is 0 Å². The van der Waals surface area contributed by atoms with Gasteiger partial charge in [-0.25, -0.2) is 4.79 Å². The van der Waals surface area contributed by atoms with Gasteiger partial charge in [0.25, 0.3) is 11.8 Å². The van der Waals surface area contributed by atoms with Crippen molar-refractivity contribution in [1.29, 1.82) is 0 Å². The summed E-state index contributed by atoms with van der Waals surface area (Å²) in [5.74, 6) is -2.02. The molecule has 7 heteroatoms. The fourth-order valence-corrected chi connectivity index (χ4v) is 3.29. The van der Waals surface area contributed by atoms with Gasteiger partial charge in [0.05, 0.1) is 16.8 Å². The minimum atomic E-state index is -0.747. The molecule has 0 N–H and O–H groups in total. The smallest absolute Gasteiger partial charge is 0.323 e. The first-order valence-electron chi connectivity index (χ1n) is 7.08. The van der Waals surface area contributed by atoms with Gasteiger partial charge in [0.1, 0.15) is 4.88 Å². The lowest BCUT2D eigenvalue weighted by Gasteiger charge is -2.13. The van der Waals surface area contributed by atoms with Crippen molar-refractivity contribution in [2.24, 2.45) is 0 Å². The maximum absolute atomic E-state index is 12.4. The van der Waals surface area contributed by atoms with Gasteiger partial charge in [0.2, 0.25) is 0 Å². The predicted octanol–water partition coefficient (Wildman–Crippen LogP) is 2.91. The molecule has 0 fully saturated rings. The van der Waals surface area contributed by atoms with Crippen LogP contribution in [0.4, 0.5) is 0 Å². The first kappa shape index (κ1) is 14.4. The van der Waals surface area contributed by atoms with E-state index in [0.29, 0.717) is 15.6 Å². The van der Waals surface area contributed by atoms with Crippen LogP contribution in [0.2, 0.25) is 0 Å². The zero-order chi connectivity index (χ0) is 16.7. The van der Waals surface area contributed by atoms with Gasteiger partial charge in [-0.1, -0.05) is 17.2 Å². The molecule has 2 amide bonds. The number of hydroxylamine groups is 2. The molecule has 0 unspecified atom stereocenters. The number of rotatable bonds is 3. The Bertz CT molecular complexity index is 924. The monoisotopic (exact) mass is 338 g/mol. The van der Waals surface area contributed by atoms with Gasteiger partial charge in [-0.15, -0.1) is 11.3 Å². The SMILES string of the molecule is O=C(ON1C(=O)c2ccccc2C1=O)c1sccc1-n1cccc1. The molecule has 0 saturated carbocycles. The van der Waals surface area contributed by atoms with Crippen LogP contribution in [0.5, 0.6) is 0 Å². The van der Waals surface area contributed by atoms with E-state index in [0.717, 1.165) is 0 Å². The molecular formula is C17H10N2O4S. The highest BCUT2D eigenvalue weighted by Gasteiger charge is 2.39. The van der Waals surface area contributed by atoms with Crippen LogP contribution in [-0.2, 0) is 4.84 Å². The largest absolute Gasteiger partial charge is 0.375 e. The molecular weight excluding hydrogens is 328 g/mol. The molecule has 0 bridgehead atoms. The summed E-state index contributed by atoms with van der Waals surface area (Å²) in [6, 6.07) is 11.8. The molecule has 6 nitrogen and oxygen atoms in total. The number of thiophene rings is 1. The van der Waals surface area contributed by atoms with Crippen LogP contribution in [0.15, 0.2) is 60.2 Å². The topological polar surface area (TPSA) is 68.6 Å². The van der Waals surface area contributed by atoms with Crippen LogP contribution >= 0.6 is 11.3 Å². The van der Waals surface area contributed by atoms with E-state index < -0.39 is 17.8 Å². The van der Waals surface area contributed by atoms with E-state index in [-0.39, 0.29) is 11.1 Å². The van der Waals surface area contributed by atoms with Crippen LogP contribution in [0, 0.1) is 0 Å². The highest BCUT2D eigenvalue weighted by molar-refractivity contribution is 7.12. The van der Waals surface area contributed by atoms with Gasteiger partial charge in [-0.05, 0) is 35.7 Å². The van der Waals surface area contributed by atoms with E-state index in [1.54, 1.807) is 40.5 Å². The molecule has 1 aliphatic heterocycles. The van der Waals surface area contributed by atoms with Crippen molar-refractivity contribution in [3.05, 3.63) is 76.2 Å². The number of amides is 2. The summed E-state index contributed by atoms with van der Waals surface area (Å²) in [4.78, 5) is 42.4. The Morgan fingerprint density at radius 3 is 2.17 bits per heavy atom. The Balaban J connectivity index is 1.62. The fourth-order valence-electron chi connectivity index (χ4n) is 2.53. The quantitative estimate of drug-likeness (QED) is 0.689. The van der Waals surface area contributed by atoms with Crippen LogP contribution < -0.4 is 0 Å². The molecule has 24 heavy (non-hydrogen) atoms. The number of imide groups is 1. The molecule has 2 aromatic heterocycles. The van der Waals surface area contributed by atoms with Crippen LogP contribution in [0.25, 0.3) is 5.69 Å². The summed E-state index contributed by atoms with van der Waals surface area (Å²) < 4.78 is 1.76. The number of hydrogen-bond acceptors (Lipinski definition) is 5. The second-order valence-electron chi connectivity index (χ2n) is 5.05. The minimum absolute atomic E-state index is 0.229. The minimum Gasteiger partial charge on any atom is -0.323 e. The van der Waals surface area contributed by atoms with Gasteiger partial charge in [0.15, 0.2) is 0 Å². The lowest BCUT2D eigenvalue weighted by Crippen LogP contribution is -2.32. The summed E-state index contributed by atoms with van der Waals surface area (Å²) in [7, 11) is 0. The van der Waals surface area contributed by atoms with Gasteiger partial charge < -0.3 is 9.40 Å². The molecule has 4 rings (SSSR count). The molecule has 0 atom stereocenters. The van der Waals surface area contributed by atoms with E-state index in [9.17, 15) is 14.4 Å². The highest BCUT2D eigenvalue weighted by atomic mass is 32.1. The summed E-state index contributed by atoms with van der Waals surface area (Å²) in [5, 5.41) is 2.26. The van der Waals surface area contributed by atoms with E-state index in [1.165, 1.54) is 23.5 Å². The van der Waals surface area contributed by atoms with Gasteiger partial charge in [0, 0.05) is 12.4 Å². The van der Waals surface area contributed by atoms with Crippen molar-refractivity contribution in [2.45, 2.75) is 0 Å². The molecule has 0 aliphatic carbocycles. The third-order valence-corrected chi connectivity index (χ3v) is 4.53. The Morgan fingerprint density at radius 2 is 1.54 bits per heavy atom. The molecule has 118 valence electrons. The van der Waals surface area contributed by atoms with Crippen molar-refractivity contribution < 1.29 is 19.2 Å². The van der Waals surface area contributed by atoms with Crippen molar-refractivity contribution >= 4 is 29.1 Å². The highest BCUT2D eigenvalue weighted by Crippen LogP contribution is 2.26. The second-order valence-corrected chi connectivity index (χ2v) is 5.97. The Morgan fingerprint density at radius 1 is 0.917 bits per heavy atom. The average molecular weight is 338 g/mol. The number of benzene rings is 1. The Kier molecular flexibility index (Phi) is 3.28. The van der Waals surface area contributed by atoms with E-state index in [1.807, 2.05) is 12.1 Å².